The number of rotatable bonds is 7. The van der Waals surface area contributed by atoms with Gasteiger partial charge in [0.2, 0.25) is 0 Å². The SMILES string of the molecule is C1=Cc2c(cccc2N(c2ccc(-c3ccc(N(c4cccc5c4CCC=C5)c4cccc5ccccc45)cc3)cc2)c2cccc3ccccc23)CC1. The molecule has 258 valence electrons. The van der Waals surface area contributed by atoms with E-state index in [2.05, 4.69) is 204 Å². The zero-order chi connectivity index (χ0) is 35.8. The molecule has 0 saturated carbocycles. The zero-order valence-corrected chi connectivity index (χ0v) is 30.2. The number of benzene rings is 8. The number of anilines is 6. The Bertz CT molecular complexity index is 2710. The van der Waals surface area contributed by atoms with Gasteiger partial charge in [0.15, 0.2) is 0 Å². The van der Waals surface area contributed by atoms with E-state index in [1.807, 2.05) is 0 Å². The fraction of sp³-hybridized carbons (Fsp3) is 0.0769. The van der Waals surface area contributed by atoms with Crippen LogP contribution in [0.25, 0.3) is 44.8 Å². The molecule has 0 aliphatic heterocycles. The van der Waals surface area contributed by atoms with E-state index >= 15 is 0 Å². The quantitative estimate of drug-likeness (QED) is 0.164. The van der Waals surface area contributed by atoms with Gasteiger partial charge in [0, 0.05) is 33.4 Å². The van der Waals surface area contributed by atoms with Crippen molar-refractivity contribution in [2.24, 2.45) is 0 Å². The molecule has 0 radical (unpaired) electrons. The maximum absolute atomic E-state index is 2.46. The lowest BCUT2D eigenvalue weighted by molar-refractivity contribution is 0.980. The number of allylic oxidation sites excluding steroid dienone is 2. The summed E-state index contributed by atoms with van der Waals surface area (Å²) in [5.74, 6) is 0. The molecule has 2 aliphatic carbocycles. The maximum atomic E-state index is 2.46. The van der Waals surface area contributed by atoms with Crippen molar-refractivity contribution in [3.05, 3.63) is 204 Å². The molecule has 10 rings (SSSR count). The Labute approximate surface area is 317 Å². The molecule has 0 aromatic heterocycles. The van der Waals surface area contributed by atoms with Crippen LogP contribution in [0.3, 0.4) is 0 Å². The molecular weight excluding hydrogens is 653 g/mol. The first-order valence-electron chi connectivity index (χ1n) is 19.1. The van der Waals surface area contributed by atoms with Crippen LogP contribution in [0.15, 0.2) is 182 Å². The Morgan fingerprint density at radius 3 is 1.54 bits per heavy atom. The van der Waals surface area contributed by atoms with E-state index in [0.717, 1.165) is 37.1 Å². The van der Waals surface area contributed by atoms with Gasteiger partial charge in [-0.25, -0.2) is 0 Å². The lowest BCUT2D eigenvalue weighted by Gasteiger charge is -2.30. The number of fused-ring (bicyclic) bond motifs is 4. The van der Waals surface area contributed by atoms with Crippen LogP contribution in [0.2, 0.25) is 0 Å². The number of nitrogens with zero attached hydrogens (tertiary/aromatic N) is 2. The molecule has 0 fully saturated rings. The standard InChI is InChI=1S/C52H40N2/c1-5-21-45-39(13-1)17-9-25-49(45)53(50-26-10-18-40-14-2-6-22-46(40)50)43-33-29-37(30-34-43)38-31-35-44(36-32-38)54(51-27-11-19-41-15-3-7-23-47(41)51)52-28-12-20-42-16-4-8-24-48(42)52/h1-3,5,7-15,17-21,23-36H,4,6,16,22H2. The molecule has 2 nitrogen and oxygen atoms in total. The predicted octanol–water partition coefficient (Wildman–Crippen LogP) is 14.5. The van der Waals surface area contributed by atoms with Crippen LogP contribution < -0.4 is 9.80 Å². The Kier molecular flexibility index (Phi) is 8.15. The molecule has 0 atom stereocenters. The molecule has 8 aromatic carbocycles. The van der Waals surface area contributed by atoms with E-state index in [-0.39, 0.29) is 0 Å². The molecule has 2 aliphatic rings. The van der Waals surface area contributed by atoms with Crippen LogP contribution in [0.5, 0.6) is 0 Å². The summed E-state index contributed by atoms with van der Waals surface area (Å²) in [5.41, 5.74) is 14.9. The van der Waals surface area contributed by atoms with Gasteiger partial charge in [-0.2, -0.15) is 0 Å². The predicted molar refractivity (Wildman–Crippen MR) is 231 cm³/mol. The molecule has 54 heavy (non-hydrogen) atoms. The molecule has 0 spiro atoms. The van der Waals surface area contributed by atoms with Crippen LogP contribution >= 0.6 is 0 Å². The van der Waals surface area contributed by atoms with Crippen molar-refractivity contribution in [2.75, 3.05) is 9.80 Å². The van der Waals surface area contributed by atoms with Crippen molar-refractivity contribution in [1.82, 2.24) is 0 Å². The molecule has 0 bridgehead atoms. The van der Waals surface area contributed by atoms with E-state index in [4.69, 9.17) is 0 Å². The second-order valence-electron chi connectivity index (χ2n) is 14.3. The van der Waals surface area contributed by atoms with Crippen molar-refractivity contribution in [3.63, 3.8) is 0 Å². The lowest BCUT2D eigenvalue weighted by Crippen LogP contribution is -2.14. The van der Waals surface area contributed by atoms with Gasteiger partial charge in [-0.1, -0.05) is 146 Å². The highest BCUT2D eigenvalue weighted by Crippen LogP contribution is 2.45. The second kappa shape index (κ2) is 13.7. The largest absolute Gasteiger partial charge is 0.310 e. The smallest absolute Gasteiger partial charge is 0.0540 e. The highest BCUT2D eigenvalue weighted by molar-refractivity contribution is 6.01. The molecule has 0 saturated heterocycles. The van der Waals surface area contributed by atoms with Crippen LogP contribution in [-0.2, 0) is 12.8 Å². The van der Waals surface area contributed by atoms with E-state index in [1.165, 1.54) is 77.7 Å². The summed E-state index contributed by atoms with van der Waals surface area (Å²) in [4.78, 5) is 4.91. The fourth-order valence-corrected chi connectivity index (χ4v) is 8.54. The molecule has 0 amide bonds. The van der Waals surface area contributed by atoms with Gasteiger partial charge in [0.25, 0.3) is 0 Å². The lowest BCUT2D eigenvalue weighted by atomic mass is 9.94. The Morgan fingerprint density at radius 2 is 0.870 bits per heavy atom. The molecule has 0 N–H and O–H groups in total. The monoisotopic (exact) mass is 692 g/mol. The first kappa shape index (κ1) is 32.0. The third kappa shape index (κ3) is 5.68. The van der Waals surface area contributed by atoms with Gasteiger partial charge in [-0.15, -0.1) is 0 Å². The Balaban J connectivity index is 1.05. The van der Waals surface area contributed by atoms with Gasteiger partial charge in [-0.05, 0) is 113 Å². The van der Waals surface area contributed by atoms with Crippen molar-refractivity contribution in [3.8, 4) is 11.1 Å². The topological polar surface area (TPSA) is 6.48 Å². The van der Waals surface area contributed by atoms with Crippen molar-refractivity contribution in [2.45, 2.75) is 25.7 Å². The summed E-state index contributed by atoms with van der Waals surface area (Å²) in [6.07, 6.45) is 13.4. The van der Waals surface area contributed by atoms with Crippen LogP contribution in [-0.4, -0.2) is 0 Å². The first-order valence-corrected chi connectivity index (χ1v) is 19.1. The molecule has 8 aromatic rings. The maximum Gasteiger partial charge on any atom is 0.0540 e. The van der Waals surface area contributed by atoms with E-state index < -0.39 is 0 Å². The van der Waals surface area contributed by atoms with Crippen LogP contribution in [0.4, 0.5) is 34.1 Å². The van der Waals surface area contributed by atoms with Gasteiger partial charge in [-0.3, -0.25) is 0 Å². The van der Waals surface area contributed by atoms with Crippen molar-refractivity contribution >= 4 is 67.8 Å². The number of hydrogen-bond acceptors (Lipinski definition) is 2. The average molecular weight is 693 g/mol. The van der Waals surface area contributed by atoms with E-state index in [9.17, 15) is 0 Å². The molecular formula is C52H40N2. The third-order valence-corrected chi connectivity index (χ3v) is 11.2. The highest BCUT2D eigenvalue weighted by atomic mass is 15.2. The van der Waals surface area contributed by atoms with Crippen LogP contribution in [0.1, 0.15) is 35.1 Å². The molecule has 2 heteroatoms. The Morgan fingerprint density at radius 1 is 0.370 bits per heavy atom. The third-order valence-electron chi connectivity index (χ3n) is 11.2. The van der Waals surface area contributed by atoms with Gasteiger partial charge >= 0.3 is 0 Å². The summed E-state index contributed by atoms with van der Waals surface area (Å²) < 4.78 is 0. The average Bonchev–Trinajstić information content (AvgIpc) is 3.25. The normalized spacial score (nSPS) is 13.1. The highest BCUT2D eigenvalue weighted by Gasteiger charge is 2.22. The number of hydrogen-bond donors (Lipinski definition) is 0. The second-order valence-corrected chi connectivity index (χ2v) is 14.3. The van der Waals surface area contributed by atoms with Gasteiger partial charge in [0.05, 0.1) is 17.1 Å². The van der Waals surface area contributed by atoms with Gasteiger partial charge in [0.1, 0.15) is 0 Å². The van der Waals surface area contributed by atoms with E-state index in [0.29, 0.717) is 0 Å². The minimum atomic E-state index is 1.03. The van der Waals surface area contributed by atoms with Crippen molar-refractivity contribution in [1.29, 1.82) is 0 Å². The minimum absolute atomic E-state index is 1.03. The van der Waals surface area contributed by atoms with Gasteiger partial charge < -0.3 is 9.80 Å². The molecule has 0 heterocycles. The summed E-state index contributed by atoms with van der Waals surface area (Å²) in [6, 6.07) is 62.4. The number of aryl methyl sites for hydroxylation is 1. The van der Waals surface area contributed by atoms with Crippen molar-refractivity contribution < 1.29 is 0 Å². The fourth-order valence-electron chi connectivity index (χ4n) is 8.54. The zero-order valence-electron chi connectivity index (χ0n) is 30.2. The van der Waals surface area contributed by atoms with E-state index in [1.54, 1.807) is 0 Å². The minimum Gasteiger partial charge on any atom is -0.310 e. The van der Waals surface area contributed by atoms with Crippen LogP contribution in [0, 0.1) is 0 Å². The molecule has 0 unspecified atom stereocenters. The summed E-state index contributed by atoms with van der Waals surface area (Å²) in [6.45, 7) is 0. The first-order chi connectivity index (χ1) is 26.8. The summed E-state index contributed by atoms with van der Waals surface area (Å²) in [5, 5.41) is 4.96. The Hall–Kier alpha value is -6.64. The summed E-state index contributed by atoms with van der Waals surface area (Å²) >= 11 is 0. The summed E-state index contributed by atoms with van der Waals surface area (Å²) in [7, 11) is 0.